The fourth-order valence-electron chi connectivity index (χ4n) is 3.90. The first-order valence-corrected chi connectivity index (χ1v) is 12.0. The van der Waals surface area contributed by atoms with Crippen molar-refractivity contribution >= 4 is 8.60 Å². The van der Waals surface area contributed by atoms with Crippen LogP contribution in [0.5, 0.6) is 5.75 Å². The zero-order chi connectivity index (χ0) is 21.3. The molecule has 0 fully saturated rings. The van der Waals surface area contributed by atoms with Gasteiger partial charge in [-0.1, -0.05) is 81.3 Å². The van der Waals surface area contributed by atoms with Gasteiger partial charge in [-0.05, 0) is 71.2 Å². The minimum absolute atomic E-state index is 0.467. The van der Waals surface area contributed by atoms with Crippen molar-refractivity contribution in [3.05, 3.63) is 77.9 Å². The van der Waals surface area contributed by atoms with E-state index in [0.717, 1.165) is 49.7 Å². The topological polar surface area (TPSA) is 49.7 Å². The Balaban J connectivity index is 2.20. The normalized spacial score (nSPS) is 11.1. The molecule has 3 nitrogen and oxygen atoms in total. The molecule has 0 saturated heterocycles. The first kappa shape index (κ1) is 22.5. The largest absolute Gasteiger partial charge is 0.427 e. The number of aryl methyl sites for hydroxylation is 2. The Morgan fingerprint density at radius 3 is 1.93 bits per heavy atom. The van der Waals surface area contributed by atoms with E-state index in [1.54, 1.807) is 0 Å². The smallest absolute Gasteiger partial charge is 0.391 e. The van der Waals surface area contributed by atoms with Crippen molar-refractivity contribution < 1.29 is 14.3 Å². The predicted molar refractivity (Wildman–Crippen MR) is 127 cm³/mol. The maximum absolute atomic E-state index is 9.33. The van der Waals surface area contributed by atoms with Crippen LogP contribution < -0.4 is 4.52 Å². The summed E-state index contributed by atoms with van der Waals surface area (Å²) in [7, 11) is -2.45. The Kier molecular flexibility index (Phi) is 8.45. The van der Waals surface area contributed by atoms with E-state index in [9.17, 15) is 9.79 Å². The standard InChI is InChI=1S/C26H31O3P/c1-3-5-11-21-15-10-16-22(12-6-4-2)26(21)24-18-17-23(29-30(27)28)19-25(24)20-13-8-7-9-14-20/h7-10,13-19,27-28H,3-6,11-12H2,1-2H3. The summed E-state index contributed by atoms with van der Waals surface area (Å²) >= 11 is 0. The van der Waals surface area contributed by atoms with E-state index in [1.807, 2.05) is 30.3 Å². The first-order valence-electron chi connectivity index (χ1n) is 10.8. The van der Waals surface area contributed by atoms with Crippen molar-refractivity contribution in [3.63, 3.8) is 0 Å². The van der Waals surface area contributed by atoms with Gasteiger partial charge in [0, 0.05) is 0 Å². The van der Waals surface area contributed by atoms with E-state index < -0.39 is 8.60 Å². The van der Waals surface area contributed by atoms with Crippen LogP contribution >= 0.6 is 8.60 Å². The fourth-order valence-corrected chi connectivity index (χ4v) is 4.20. The van der Waals surface area contributed by atoms with Gasteiger partial charge >= 0.3 is 8.60 Å². The van der Waals surface area contributed by atoms with Crippen LogP contribution in [-0.4, -0.2) is 9.79 Å². The van der Waals surface area contributed by atoms with Crippen LogP contribution in [0.1, 0.15) is 50.7 Å². The molecule has 158 valence electrons. The summed E-state index contributed by atoms with van der Waals surface area (Å²) < 4.78 is 5.23. The third-order valence-electron chi connectivity index (χ3n) is 5.37. The van der Waals surface area contributed by atoms with E-state index in [0.29, 0.717) is 5.75 Å². The third kappa shape index (κ3) is 5.70. The summed E-state index contributed by atoms with van der Waals surface area (Å²) in [6.07, 6.45) is 6.74. The third-order valence-corrected chi connectivity index (χ3v) is 5.74. The average molecular weight is 423 g/mol. The lowest BCUT2D eigenvalue weighted by Crippen LogP contribution is -1.99. The molecule has 3 rings (SSSR count). The van der Waals surface area contributed by atoms with Crippen molar-refractivity contribution in [1.82, 2.24) is 0 Å². The average Bonchev–Trinajstić information content (AvgIpc) is 2.76. The lowest BCUT2D eigenvalue weighted by molar-refractivity contribution is 0.375. The monoisotopic (exact) mass is 422 g/mol. The quantitative estimate of drug-likeness (QED) is 0.337. The molecule has 3 aromatic rings. The Morgan fingerprint density at radius 2 is 1.37 bits per heavy atom. The van der Waals surface area contributed by atoms with Crippen molar-refractivity contribution in [2.75, 3.05) is 0 Å². The summed E-state index contributed by atoms with van der Waals surface area (Å²) in [5.74, 6) is 0.467. The van der Waals surface area contributed by atoms with E-state index in [2.05, 4.69) is 50.2 Å². The van der Waals surface area contributed by atoms with E-state index in [1.165, 1.54) is 22.3 Å². The maximum atomic E-state index is 9.33. The molecule has 0 heterocycles. The number of benzene rings is 3. The Labute approximate surface area is 181 Å². The van der Waals surface area contributed by atoms with Gasteiger partial charge in [-0.25, -0.2) is 0 Å². The van der Waals surface area contributed by atoms with Gasteiger partial charge in [0.15, 0.2) is 0 Å². The Bertz CT molecular complexity index is 912. The van der Waals surface area contributed by atoms with Gasteiger partial charge in [-0.3, -0.25) is 0 Å². The highest BCUT2D eigenvalue weighted by Gasteiger charge is 2.17. The number of rotatable bonds is 10. The van der Waals surface area contributed by atoms with E-state index in [-0.39, 0.29) is 0 Å². The van der Waals surface area contributed by atoms with Crippen LogP contribution in [0.4, 0.5) is 0 Å². The van der Waals surface area contributed by atoms with E-state index >= 15 is 0 Å². The minimum Gasteiger partial charge on any atom is -0.427 e. The number of unbranched alkanes of at least 4 members (excludes halogenated alkanes) is 2. The second-order valence-electron chi connectivity index (χ2n) is 7.58. The van der Waals surface area contributed by atoms with Crippen LogP contribution in [0.3, 0.4) is 0 Å². The van der Waals surface area contributed by atoms with Crippen LogP contribution in [0.2, 0.25) is 0 Å². The van der Waals surface area contributed by atoms with E-state index in [4.69, 9.17) is 4.52 Å². The molecule has 0 unspecified atom stereocenters. The molecule has 0 aromatic heterocycles. The molecule has 0 aliphatic rings. The second kappa shape index (κ2) is 11.3. The van der Waals surface area contributed by atoms with Crippen LogP contribution in [0, 0.1) is 0 Å². The van der Waals surface area contributed by atoms with Crippen molar-refractivity contribution in [3.8, 4) is 28.0 Å². The minimum atomic E-state index is -2.45. The SMILES string of the molecule is CCCCc1cccc(CCCC)c1-c1ccc(OP(O)O)cc1-c1ccccc1. The summed E-state index contributed by atoms with van der Waals surface area (Å²) in [6, 6.07) is 22.7. The van der Waals surface area contributed by atoms with Gasteiger partial charge in [0.2, 0.25) is 0 Å². The predicted octanol–water partition coefficient (Wildman–Crippen LogP) is 7.30. The van der Waals surface area contributed by atoms with Gasteiger partial charge in [0.05, 0.1) is 0 Å². The highest BCUT2D eigenvalue weighted by molar-refractivity contribution is 7.39. The summed E-state index contributed by atoms with van der Waals surface area (Å²) in [4.78, 5) is 18.7. The lowest BCUT2D eigenvalue weighted by atomic mass is 9.85. The molecular weight excluding hydrogens is 391 g/mol. The van der Waals surface area contributed by atoms with Gasteiger partial charge in [-0.15, -0.1) is 0 Å². The molecule has 0 aliphatic heterocycles. The zero-order valence-corrected chi connectivity index (χ0v) is 18.7. The summed E-state index contributed by atoms with van der Waals surface area (Å²) in [6.45, 7) is 4.45. The van der Waals surface area contributed by atoms with Gasteiger partial charge in [-0.2, -0.15) is 0 Å². The molecule has 0 saturated carbocycles. The molecule has 0 bridgehead atoms. The number of hydrogen-bond donors (Lipinski definition) is 2. The summed E-state index contributed by atoms with van der Waals surface area (Å²) in [5, 5.41) is 0. The second-order valence-corrected chi connectivity index (χ2v) is 8.26. The zero-order valence-electron chi connectivity index (χ0n) is 17.8. The van der Waals surface area contributed by atoms with Crippen molar-refractivity contribution in [2.24, 2.45) is 0 Å². The first-order chi connectivity index (χ1) is 14.6. The van der Waals surface area contributed by atoms with Crippen LogP contribution in [0.15, 0.2) is 66.7 Å². The number of hydrogen-bond acceptors (Lipinski definition) is 3. The van der Waals surface area contributed by atoms with Crippen molar-refractivity contribution in [2.45, 2.75) is 52.4 Å². The molecule has 0 radical (unpaired) electrons. The molecule has 0 aliphatic carbocycles. The maximum Gasteiger partial charge on any atom is 0.391 e. The Morgan fingerprint density at radius 1 is 0.733 bits per heavy atom. The molecule has 0 atom stereocenters. The molecule has 0 spiro atoms. The van der Waals surface area contributed by atoms with Crippen LogP contribution in [0.25, 0.3) is 22.3 Å². The molecule has 30 heavy (non-hydrogen) atoms. The van der Waals surface area contributed by atoms with Gasteiger partial charge in [0.1, 0.15) is 5.75 Å². The van der Waals surface area contributed by atoms with Crippen LogP contribution in [-0.2, 0) is 12.8 Å². The molecule has 4 heteroatoms. The van der Waals surface area contributed by atoms with Crippen molar-refractivity contribution in [1.29, 1.82) is 0 Å². The molecule has 2 N–H and O–H groups in total. The van der Waals surface area contributed by atoms with Gasteiger partial charge in [0.25, 0.3) is 0 Å². The summed E-state index contributed by atoms with van der Waals surface area (Å²) in [5.41, 5.74) is 7.38. The highest BCUT2D eigenvalue weighted by atomic mass is 31.2. The fraction of sp³-hybridized carbons (Fsp3) is 0.308. The van der Waals surface area contributed by atoms with Gasteiger partial charge < -0.3 is 14.3 Å². The Hall–Kier alpha value is -2.19. The molecule has 0 amide bonds. The lowest BCUT2D eigenvalue weighted by Gasteiger charge is -2.20. The molecule has 3 aromatic carbocycles. The highest BCUT2D eigenvalue weighted by Crippen LogP contribution is 2.41. The molecular formula is C26H31O3P.